The Kier molecular flexibility index (Phi) is 3.99. The number of hydrogen-bond donors (Lipinski definition) is 1. The molecule has 2 unspecified atom stereocenters. The van der Waals surface area contributed by atoms with Crippen LogP contribution in [0.25, 0.3) is 0 Å². The second-order valence-electron chi connectivity index (χ2n) is 5.34. The zero-order valence-electron chi connectivity index (χ0n) is 10.9. The first kappa shape index (κ1) is 14.6. The average Bonchev–Trinajstić information content (AvgIpc) is 2.71. The van der Waals surface area contributed by atoms with Crippen molar-refractivity contribution in [1.82, 2.24) is 9.62 Å². The molecule has 2 bridgehead atoms. The number of hydrogen-bond acceptors (Lipinski definition) is 3. The number of nitrogens with one attached hydrogen (secondary N) is 1. The molecule has 110 valence electrons. The van der Waals surface area contributed by atoms with Gasteiger partial charge in [0.05, 0.1) is 10.0 Å². The molecule has 4 nitrogen and oxygen atoms in total. The third-order valence-corrected chi connectivity index (χ3v) is 6.86. The minimum Gasteiger partial charge on any atom is -0.310 e. The van der Waals surface area contributed by atoms with E-state index in [9.17, 15) is 8.42 Å². The van der Waals surface area contributed by atoms with Gasteiger partial charge in [-0.3, -0.25) is 0 Å². The Hall–Kier alpha value is -0.330. The molecule has 20 heavy (non-hydrogen) atoms. The minimum absolute atomic E-state index is 0.101. The Bertz CT molecular complexity index is 621. The molecular weight excluding hydrogens is 319 g/mol. The number of halogens is 2. The van der Waals surface area contributed by atoms with Gasteiger partial charge in [-0.25, -0.2) is 8.42 Å². The van der Waals surface area contributed by atoms with Gasteiger partial charge in [0, 0.05) is 25.2 Å². The molecule has 1 aromatic carbocycles. The van der Waals surface area contributed by atoms with Crippen LogP contribution in [0.4, 0.5) is 0 Å². The van der Waals surface area contributed by atoms with E-state index < -0.39 is 10.0 Å². The van der Waals surface area contributed by atoms with Crippen LogP contribution in [0.1, 0.15) is 19.3 Å². The molecule has 1 N–H and O–H groups in total. The zero-order chi connectivity index (χ0) is 14.3. The normalized spacial score (nSPS) is 27.5. The van der Waals surface area contributed by atoms with Crippen molar-refractivity contribution in [2.75, 3.05) is 13.1 Å². The summed E-state index contributed by atoms with van der Waals surface area (Å²) in [6.45, 7) is 1.03. The predicted molar refractivity (Wildman–Crippen MR) is 79.8 cm³/mol. The monoisotopic (exact) mass is 334 g/mol. The van der Waals surface area contributed by atoms with E-state index >= 15 is 0 Å². The molecule has 2 saturated heterocycles. The van der Waals surface area contributed by atoms with E-state index in [1.165, 1.54) is 10.4 Å². The van der Waals surface area contributed by atoms with Gasteiger partial charge in [0.1, 0.15) is 4.90 Å². The van der Waals surface area contributed by atoms with Crippen LogP contribution in [0.15, 0.2) is 23.1 Å². The van der Waals surface area contributed by atoms with Crippen LogP contribution >= 0.6 is 23.2 Å². The lowest BCUT2D eigenvalue weighted by molar-refractivity contribution is 0.383. The third kappa shape index (κ3) is 2.57. The first-order chi connectivity index (χ1) is 9.48. The Morgan fingerprint density at radius 2 is 1.90 bits per heavy atom. The van der Waals surface area contributed by atoms with Crippen LogP contribution in [0.2, 0.25) is 10.0 Å². The van der Waals surface area contributed by atoms with E-state index in [1.54, 1.807) is 12.1 Å². The molecule has 2 aliphatic heterocycles. The lowest BCUT2D eigenvalue weighted by Crippen LogP contribution is -2.39. The fourth-order valence-electron chi connectivity index (χ4n) is 2.95. The second kappa shape index (κ2) is 5.46. The smallest absolute Gasteiger partial charge is 0.244 e. The highest BCUT2D eigenvalue weighted by atomic mass is 35.5. The molecule has 2 fully saturated rings. The van der Waals surface area contributed by atoms with Crippen LogP contribution in [-0.2, 0) is 10.0 Å². The molecule has 3 rings (SSSR count). The summed E-state index contributed by atoms with van der Waals surface area (Å²) >= 11 is 12.0. The fraction of sp³-hybridized carbons (Fsp3) is 0.538. The van der Waals surface area contributed by atoms with Crippen LogP contribution in [0.3, 0.4) is 0 Å². The Morgan fingerprint density at radius 1 is 1.15 bits per heavy atom. The highest BCUT2D eigenvalue weighted by Crippen LogP contribution is 2.32. The second-order valence-corrected chi connectivity index (χ2v) is 8.03. The van der Waals surface area contributed by atoms with E-state index in [0.29, 0.717) is 19.1 Å². The maximum atomic E-state index is 12.7. The molecule has 2 aliphatic rings. The van der Waals surface area contributed by atoms with Crippen molar-refractivity contribution < 1.29 is 8.42 Å². The topological polar surface area (TPSA) is 49.4 Å². The summed E-state index contributed by atoms with van der Waals surface area (Å²) in [7, 11) is -3.58. The SMILES string of the molecule is O=S(=O)(c1cccc(Cl)c1Cl)N1CCC2CCC(C1)N2. The van der Waals surface area contributed by atoms with Crippen molar-refractivity contribution in [1.29, 1.82) is 0 Å². The zero-order valence-corrected chi connectivity index (χ0v) is 13.2. The van der Waals surface area contributed by atoms with Gasteiger partial charge in [-0.05, 0) is 31.4 Å². The van der Waals surface area contributed by atoms with Crippen molar-refractivity contribution in [3.05, 3.63) is 28.2 Å². The largest absolute Gasteiger partial charge is 0.310 e. The van der Waals surface area contributed by atoms with E-state index in [1.807, 2.05) is 0 Å². The van der Waals surface area contributed by atoms with Gasteiger partial charge in [-0.2, -0.15) is 4.31 Å². The number of rotatable bonds is 2. The van der Waals surface area contributed by atoms with Crippen LogP contribution in [-0.4, -0.2) is 37.9 Å². The summed E-state index contributed by atoms with van der Waals surface area (Å²) in [6.07, 6.45) is 3.00. The molecule has 0 amide bonds. The highest BCUT2D eigenvalue weighted by molar-refractivity contribution is 7.89. The summed E-state index contributed by atoms with van der Waals surface area (Å²) in [5.41, 5.74) is 0. The van der Waals surface area contributed by atoms with Gasteiger partial charge >= 0.3 is 0 Å². The fourth-order valence-corrected chi connectivity index (χ4v) is 5.19. The highest BCUT2D eigenvalue weighted by Gasteiger charge is 2.35. The summed E-state index contributed by atoms with van der Waals surface area (Å²) in [5.74, 6) is 0. The first-order valence-corrected chi connectivity index (χ1v) is 8.88. The molecule has 0 radical (unpaired) electrons. The molecule has 0 aromatic heterocycles. The quantitative estimate of drug-likeness (QED) is 0.903. The average molecular weight is 335 g/mol. The van der Waals surface area contributed by atoms with Crippen LogP contribution < -0.4 is 5.32 Å². The van der Waals surface area contributed by atoms with Gasteiger partial charge in [0.15, 0.2) is 0 Å². The van der Waals surface area contributed by atoms with E-state index in [-0.39, 0.29) is 21.0 Å². The molecular formula is C13H16Cl2N2O2S. The number of nitrogens with zero attached hydrogens (tertiary/aromatic N) is 1. The Labute approximate surface area is 129 Å². The third-order valence-electron chi connectivity index (χ3n) is 4.02. The van der Waals surface area contributed by atoms with E-state index in [4.69, 9.17) is 23.2 Å². The van der Waals surface area contributed by atoms with Crippen LogP contribution in [0.5, 0.6) is 0 Å². The Morgan fingerprint density at radius 3 is 2.70 bits per heavy atom. The molecule has 2 atom stereocenters. The van der Waals surface area contributed by atoms with Crippen molar-refractivity contribution >= 4 is 33.2 Å². The lowest BCUT2D eigenvalue weighted by Gasteiger charge is -2.24. The summed E-state index contributed by atoms with van der Waals surface area (Å²) in [5, 5.41) is 3.84. The molecule has 1 aromatic rings. The van der Waals surface area contributed by atoms with Gasteiger partial charge in [-0.1, -0.05) is 29.3 Å². The van der Waals surface area contributed by atoms with E-state index in [0.717, 1.165) is 19.3 Å². The maximum absolute atomic E-state index is 12.7. The lowest BCUT2D eigenvalue weighted by atomic mass is 10.1. The van der Waals surface area contributed by atoms with Crippen molar-refractivity contribution in [2.45, 2.75) is 36.2 Å². The minimum atomic E-state index is -3.58. The maximum Gasteiger partial charge on any atom is 0.244 e. The molecule has 0 saturated carbocycles. The molecule has 2 heterocycles. The number of benzene rings is 1. The summed E-state index contributed by atoms with van der Waals surface area (Å²) < 4.78 is 27.0. The summed E-state index contributed by atoms with van der Waals surface area (Å²) in [4.78, 5) is 0.101. The van der Waals surface area contributed by atoms with Gasteiger partial charge < -0.3 is 5.32 Å². The molecule has 7 heteroatoms. The number of fused-ring (bicyclic) bond motifs is 2. The number of sulfonamides is 1. The van der Waals surface area contributed by atoms with Gasteiger partial charge in [0.25, 0.3) is 0 Å². The van der Waals surface area contributed by atoms with Crippen molar-refractivity contribution in [3.63, 3.8) is 0 Å². The predicted octanol–water partition coefficient (Wildman–Crippen LogP) is 2.51. The molecule has 0 aliphatic carbocycles. The Balaban J connectivity index is 1.93. The van der Waals surface area contributed by atoms with Gasteiger partial charge in [0.2, 0.25) is 10.0 Å². The standard InChI is InChI=1S/C13H16Cl2N2O2S/c14-11-2-1-3-12(13(11)15)20(18,19)17-7-6-9-4-5-10(8-17)16-9/h1-3,9-10,16H,4-8H2. The summed E-state index contributed by atoms with van der Waals surface area (Å²) in [6, 6.07) is 5.41. The van der Waals surface area contributed by atoms with Gasteiger partial charge in [-0.15, -0.1) is 0 Å². The van der Waals surface area contributed by atoms with Crippen molar-refractivity contribution in [2.24, 2.45) is 0 Å². The molecule has 0 spiro atoms. The van der Waals surface area contributed by atoms with Crippen molar-refractivity contribution in [3.8, 4) is 0 Å². The van der Waals surface area contributed by atoms with E-state index in [2.05, 4.69) is 5.32 Å². The first-order valence-electron chi connectivity index (χ1n) is 6.68. The van der Waals surface area contributed by atoms with Crippen LogP contribution in [0, 0.1) is 0 Å².